The van der Waals surface area contributed by atoms with Crippen molar-refractivity contribution in [3.63, 3.8) is 0 Å². The van der Waals surface area contributed by atoms with Crippen LogP contribution >= 0.6 is 11.6 Å². The summed E-state index contributed by atoms with van der Waals surface area (Å²) in [7, 11) is 0. The maximum absolute atomic E-state index is 10.9. The quantitative estimate of drug-likeness (QED) is 0.810. The van der Waals surface area contributed by atoms with Crippen molar-refractivity contribution in [3.8, 4) is 0 Å². The Kier molecular flexibility index (Phi) is 4.31. The molecule has 1 aromatic carbocycles. The third-order valence-corrected chi connectivity index (χ3v) is 2.49. The van der Waals surface area contributed by atoms with Crippen LogP contribution in [-0.2, 0) is 9.59 Å². The van der Waals surface area contributed by atoms with Crippen LogP contribution in [0.2, 0.25) is 5.02 Å². The first-order chi connectivity index (χ1) is 7.49. The highest BCUT2D eigenvalue weighted by atomic mass is 35.5. The van der Waals surface area contributed by atoms with Crippen molar-refractivity contribution in [3.05, 3.63) is 34.9 Å². The summed E-state index contributed by atoms with van der Waals surface area (Å²) >= 11 is 5.74. The lowest BCUT2D eigenvalue weighted by atomic mass is 9.92. The number of hydrogen-bond acceptors (Lipinski definition) is 2. The van der Waals surface area contributed by atoms with E-state index in [1.807, 2.05) is 0 Å². The zero-order valence-electron chi connectivity index (χ0n) is 8.65. The molecule has 16 heavy (non-hydrogen) atoms. The van der Waals surface area contributed by atoms with Gasteiger partial charge in [-0.2, -0.15) is 0 Å². The summed E-state index contributed by atoms with van der Waals surface area (Å²) in [6.07, 6.45) is 0.204. The molecule has 0 radical (unpaired) electrons. The maximum Gasteiger partial charge on any atom is 0.218 e. The van der Waals surface area contributed by atoms with Gasteiger partial charge in [0.2, 0.25) is 11.8 Å². The number of amides is 2. The van der Waals surface area contributed by atoms with Crippen LogP contribution in [0.5, 0.6) is 0 Å². The maximum atomic E-state index is 10.9. The minimum atomic E-state index is -0.457. The number of benzene rings is 1. The van der Waals surface area contributed by atoms with E-state index in [1.54, 1.807) is 24.3 Å². The van der Waals surface area contributed by atoms with Crippen molar-refractivity contribution < 1.29 is 9.59 Å². The average molecular weight is 241 g/mol. The summed E-state index contributed by atoms with van der Waals surface area (Å²) in [4.78, 5) is 21.8. The molecule has 0 saturated heterocycles. The Morgan fingerprint density at radius 2 is 1.50 bits per heavy atom. The number of rotatable bonds is 5. The number of hydrogen-bond donors (Lipinski definition) is 2. The zero-order chi connectivity index (χ0) is 12.1. The largest absolute Gasteiger partial charge is 0.370 e. The fourth-order valence-electron chi connectivity index (χ4n) is 1.53. The van der Waals surface area contributed by atoms with Gasteiger partial charge in [-0.05, 0) is 17.7 Å². The lowest BCUT2D eigenvalue weighted by Crippen LogP contribution is -2.20. The van der Waals surface area contributed by atoms with Gasteiger partial charge in [-0.1, -0.05) is 23.7 Å². The van der Waals surface area contributed by atoms with Crippen LogP contribution in [0.4, 0.5) is 0 Å². The molecule has 2 amide bonds. The predicted octanol–water partition coefficient (Wildman–Crippen LogP) is 1.17. The molecule has 4 nitrogen and oxygen atoms in total. The Balaban J connectivity index is 2.86. The minimum Gasteiger partial charge on any atom is -0.370 e. The van der Waals surface area contributed by atoms with Gasteiger partial charge in [-0.3, -0.25) is 9.59 Å². The standard InChI is InChI=1S/C11H13ClN2O2/c12-9-3-1-7(2-4-9)8(5-10(13)15)6-11(14)16/h1-4,8H,5-6H2,(H2,13,15)(H2,14,16). The molecule has 86 valence electrons. The van der Waals surface area contributed by atoms with Crippen molar-refractivity contribution in [1.82, 2.24) is 0 Å². The molecular formula is C11H13ClN2O2. The van der Waals surface area contributed by atoms with E-state index in [0.29, 0.717) is 5.02 Å². The summed E-state index contributed by atoms with van der Waals surface area (Å²) in [5.41, 5.74) is 11.1. The van der Waals surface area contributed by atoms with Crippen LogP contribution in [0.15, 0.2) is 24.3 Å². The summed E-state index contributed by atoms with van der Waals surface area (Å²) in [6.45, 7) is 0. The Morgan fingerprint density at radius 3 is 1.88 bits per heavy atom. The SMILES string of the molecule is NC(=O)CC(CC(N)=O)c1ccc(Cl)cc1. The first-order valence-electron chi connectivity index (χ1n) is 4.81. The van der Waals surface area contributed by atoms with E-state index < -0.39 is 11.8 Å². The monoisotopic (exact) mass is 240 g/mol. The van der Waals surface area contributed by atoms with Crippen molar-refractivity contribution >= 4 is 23.4 Å². The van der Waals surface area contributed by atoms with E-state index in [4.69, 9.17) is 23.1 Å². The third kappa shape index (κ3) is 3.90. The van der Waals surface area contributed by atoms with Gasteiger partial charge in [0.15, 0.2) is 0 Å². The Bertz CT molecular complexity index is 373. The predicted molar refractivity (Wildman–Crippen MR) is 61.8 cm³/mol. The lowest BCUT2D eigenvalue weighted by Gasteiger charge is -2.13. The van der Waals surface area contributed by atoms with Crippen molar-refractivity contribution in [2.45, 2.75) is 18.8 Å². The molecule has 0 aromatic heterocycles. The first kappa shape index (κ1) is 12.5. The fourth-order valence-corrected chi connectivity index (χ4v) is 1.65. The molecule has 0 unspecified atom stereocenters. The zero-order valence-corrected chi connectivity index (χ0v) is 9.41. The molecule has 0 spiro atoms. The van der Waals surface area contributed by atoms with Crippen molar-refractivity contribution in [2.75, 3.05) is 0 Å². The molecule has 4 N–H and O–H groups in total. The second-order valence-corrected chi connectivity index (χ2v) is 4.03. The van der Waals surface area contributed by atoms with Crippen LogP contribution in [0.25, 0.3) is 0 Å². The number of primary amides is 2. The van der Waals surface area contributed by atoms with Crippen LogP contribution in [0.1, 0.15) is 24.3 Å². The number of carbonyl (C=O) groups excluding carboxylic acids is 2. The topological polar surface area (TPSA) is 86.2 Å². The molecule has 0 atom stereocenters. The highest BCUT2D eigenvalue weighted by Gasteiger charge is 2.16. The lowest BCUT2D eigenvalue weighted by molar-refractivity contribution is -0.119. The van der Waals surface area contributed by atoms with E-state index >= 15 is 0 Å². The highest BCUT2D eigenvalue weighted by molar-refractivity contribution is 6.30. The Hall–Kier alpha value is -1.55. The normalized spacial score (nSPS) is 10.4. The second-order valence-electron chi connectivity index (χ2n) is 3.59. The molecule has 5 heteroatoms. The van der Waals surface area contributed by atoms with E-state index in [2.05, 4.69) is 0 Å². The fraction of sp³-hybridized carbons (Fsp3) is 0.273. The molecule has 1 aromatic rings. The molecule has 0 heterocycles. The van der Waals surface area contributed by atoms with Crippen molar-refractivity contribution in [2.24, 2.45) is 11.5 Å². The minimum absolute atomic E-state index is 0.102. The van der Waals surface area contributed by atoms with Gasteiger partial charge in [0.1, 0.15) is 0 Å². The van der Waals surface area contributed by atoms with Crippen LogP contribution in [0, 0.1) is 0 Å². The van der Waals surface area contributed by atoms with Gasteiger partial charge in [0.25, 0.3) is 0 Å². The Morgan fingerprint density at radius 1 is 1.06 bits per heavy atom. The van der Waals surface area contributed by atoms with Gasteiger partial charge in [-0.15, -0.1) is 0 Å². The average Bonchev–Trinajstić information content (AvgIpc) is 2.16. The molecule has 0 aliphatic carbocycles. The van der Waals surface area contributed by atoms with Gasteiger partial charge < -0.3 is 11.5 Å². The molecule has 0 fully saturated rings. The molecule has 0 bridgehead atoms. The van der Waals surface area contributed by atoms with Crippen LogP contribution in [0.3, 0.4) is 0 Å². The van der Waals surface area contributed by atoms with Crippen molar-refractivity contribution in [1.29, 1.82) is 0 Å². The second kappa shape index (κ2) is 5.51. The molecule has 0 aliphatic rings. The molecule has 1 rings (SSSR count). The Labute approximate surface area is 98.6 Å². The molecule has 0 aliphatic heterocycles. The highest BCUT2D eigenvalue weighted by Crippen LogP contribution is 2.24. The summed E-state index contributed by atoms with van der Waals surface area (Å²) in [6, 6.07) is 6.93. The van der Waals surface area contributed by atoms with E-state index in [0.717, 1.165) is 5.56 Å². The van der Waals surface area contributed by atoms with Gasteiger partial charge in [0, 0.05) is 23.8 Å². The van der Waals surface area contributed by atoms with E-state index in [1.165, 1.54) is 0 Å². The summed E-state index contributed by atoms with van der Waals surface area (Å²) in [5.74, 6) is -1.19. The third-order valence-electron chi connectivity index (χ3n) is 2.24. The number of halogens is 1. The summed E-state index contributed by atoms with van der Waals surface area (Å²) < 4.78 is 0. The van der Waals surface area contributed by atoms with Gasteiger partial charge in [-0.25, -0.2) is 0 Å². The number of nitrogens with two attached hydrogens (primary N) is 2. The van der Waals surface area contributed by atoms with E-state index in [-0.39, 0.29) is 18.8 Å². The van der Waals surface area contributed by atoms with Crippen LogP contribution in [-0.4, -0.2) is 11.8 Å². The summed E-state index contributed by atoms with van der Waals surface area (Å²) in [5, 5.41) is 0.598. The number of carbonyl (C=O) groups is 2. The smallest absolute Gasteiger partial charge is 0.218 e. The molecule has 0 saturated carbocycles. The first-order valence-corrected chi connectivity index (χ1v) is 5.19. The van der Waals surface area contributed by atoms with Crippen LogP contribution < -0.4 is 11.5 Å². The van der Waals surface area contributed by atoms with Gasteiger partial charge >= 0.3 is 0 Å². The van der Waals surface area contributed by atoms with Gasteiger partial charge in [0.05, 0.1) is 0 Å². The molecular weight excluding hydrogens is 228 g/mol. The van der Waals surface area contributed by atoms with E-state index in [9.17, 15) is 9.59 Å².